The lowest BCUT2D eigenvalue weighted by molar-refractivity contribution is -0.383. The molecule has 0 saturated carbocycles. The van der Waals surface area contributed by atoms with Crippen LogP contribution in [0.1, 0.15) is 19.8 Å². The van der Waals surface area contributed by atoms with Gasteiger partial charge in [0.1, 0.15) is 5.69 Å². The Labute approximate surface area is 100 Å². The molecule has 17 heavy (non-hydrogen) atoms. The third-order valence-electron chi connectivity index (χ3n) is 3.23. The maximum Gasteiger partial charge on any atom is 0.292 e. The monoisotopic (exact) mass is 235 g/mol. The molecule has 0 radical (unpaired) electrons. The van der Waals surface area contributed by atoms with E-state index < -0.39 is 4.92 Å². The van der Waals surface area contributed by atoms with Crippen molar-refractivity contribution in [2.24, 2.45) is 5.92 Å². The van der Waals surface area contributed by atoms with Crippen LogP contribution in [0.5, 0.6) is 0 Å². The van der Waals surface area contributed by atoms with Gasteiger partial charge in [0.15, 0.2) is 0 Å². The Balaban J connectivity index is 2.22. The van der Waals surface area contributed by atoms with Gasteiger partial charge in [-0.05, 0) is 30.9 Å². The Kier molecular flexibility index (Phi) is 3.17. The molecule has 1 aliphatic rings. The summed E-state index contributed by atoms with van der Waals surface area (Å²) < 4.78 is 0. The summed E-state index contributed by atoms with van der Waals surface area (Å²) in [7, 11) is 0. The fourth-order valence-electron chi connectivity index (χ4n) is 2.33. The molecule has 1 aromatic rings. The molecule has 0 amide bonds. The van der Waals surface area contributed by atoms with Crippen LogP contribution in [0.25, 0.3) is 0 Å². The molecular weight excluding hydrogens is 218 g/mol. The number of piperidine rings is 1. The van der Waals surface area contributed by atoms with Crippen molar-refractivity contribution in [2.75, 3.05) is 23.7 Å². The second-order valence-electron chi connectivity index (χ2n) is 4.69. The molecule has 2 rings (SSSR count). The summed E-state index contributed by atoms with van der Waals surface area (Å²) in [6.45, 7) is 4.22. The molecule has 1 saturated heterocycles. The van der Waals surface area contributed by atoms with Gasteiger partial charge in [-0.25, -0.2) is 0 Å². The molecule has 1 atom stereocenters. The topological polar surface area (TPSA) is 72.4 Å². The Morgan fingerprint density at radius 1 is 1.53 bits per heavy atom. The van der Waals surface area contributed by atoms with Gasteiger partial charge in [0, 0.05) is 24.8 Å². The highest BCUT2D eigenvalue weighted by atomic mass is 16.6. The predicted octanol–water partition coefficient (Wildman–Crippen LogP) is 2.41. The van der Waals surface area contributed by atoms with E-state index in [1.54, 1.807) is 12.1 Å². The van der Waals surface area contributed by atoms with Crippen LogP contribution < -0.4 is 10.6 Å². The van der Waals surface area contributed by atoms with E-state index in [-0.39, 0.29) is 11.4 Å². The number of nitrogens with two attached hydrogens (primary N) is 1. The van der Waals surface area contributed by atoms with E-state index in [4.69, 9.17) is 5.73 Å². The molecule has 1 heterocycles. The van der Waals surface area contributed by atoms with Crippen molar-refractivity contribution in [3.8, 4) is 0 Å². The Morgan fingerprint density at radius 2 is 2.29 bits per heavy atom. The highest BCUT2D eigenvalue weighted by Gasteiger charge is 2.19. The summed E-state index contributed by atoms with van der Waals surface area (Å²) >= 11 is 0. The maximum absolute atomic E-state index is 10.7. The smallest absolute Gasteiger partial charge is 0.292 e. The van der Waals surface area contributed by atoms with Crippen molar-refractivity contribution in [1.82, 2.24) is 0 Å². The summed E-state index contributed by atoms with van der Waals surface area (Å²) in [5.74, 6) is 0.667. The van der Waals surface area contributed by atoms with E-state index in [2.05, 4.69) is 11.8 Å². The van der Waals surface area contributed by atoms with E-state index in [1.165, 1.54) is 12.5 Å². The molecule has 0 bridgehead atoms. The van der Waals surface area contributed by atoms with Crippen LogP contribution in [0.2, 0.25) is 0 Å². The maximum atomic E-state index is 10.7. The second kappa shape index (κ2) is 4.61. The lowest BCUT2D eigenvalue weighted by atomic mass is 9.99. The lowest BCUT2D eigenvalue weighted by Crippen LogP contribution is -2.34. The predicted molar refractivity (Wildman–Crippen MR) is 68.1 cm³/mol. The zero-order valence-electron chi connectivity index (χ0n) is 9.93. The second-order valence-corrected chi connectivity index (χ2v) is 4.69. The third kappa shape index (κ3) is 2.49. The Morgan fingerprint density at radius 3 is 2.88 bits per heavy atom. The average Bonchev–Trinajstić information content (AvgIpc) is 2.28. The molecule has 0 aromatic heterocycles. The number of nitro groups is 1. The Hall–Kier alpha value is -1.78. The largest absolute Gasteiger partial charge is 0.393 e. The number of nitrogen functional groups attached to an aromatic ring is 1. The standard InChI is InChI=1S/C12H17N3O2/c1-9-3-2-6-14(8-9)10-4-5-12(15(16)17)11(13)7-10/h4-5,7,9H,2-3,6,8,13H2,1H3. The van der Waals surface area contributed by atoms with Gasteiger partial charge in [-0.15, -0.1) is 0 Å². The van der Waals surface area contributed by atoms with Crippen molar-refractivity contribution in [1.29, 1.82) is 0 Å². The van der Waals surface area contributed by atoms with Crippen LogP contribution in [-0.2, 0) is 0 Å². The van der Waals surface area contributed by atoms with Crippen LogP contribution in [0.15, 0.2) is 18.2 Å². The van der Waals surface area contributed by atoms with E-state index in [9.17, 15) is 10.1 Å². The number of benzene rings is 1. The first kappa shape index (κ1) is 11.7. The molecule has 0 spiro atoms. The quantitative estimate of drug-likeness (QED) is 0.485. The number of hydrogen-bond acceptors (Lipinski definition) is 4. The van der Waals surface area contributed by atoms with E-state index in [0.29, 0.717) is 5.92 Å². The number of anilines is 2. The van der Waals surface area contributed by atoms with Gasteiger partial charge in [-0.1, -0.05) is 6.92 Å². The SMILES string of the molecule is CC1CCCN(c2ccc([N+](=O)[O-])c(N)c2)C1. The summed E-state index contributed by atoms with van der Waals surface area (Å²) in [6.07, 6.45) is 2.41. The van der Waals surface area contributed by atoms with Crippen LogP contribution in [0.4, 0.5) is 17.1 Å². The minimum absolute atomic E-state index is 0.0150. The van der Waals surface area contributed by atoms with Gasteiger partial charge in [0.05, 0.1) is 4.92 Å². The van der Waals surface area contributed by atoms with Crippen molar-refractivity contribution >= 4 is 17.1 Å². The van der Waals surface area contributed by atoms with Crippen molar-refractivity contribution in [3.05, 3.63) is 28.3 Å². The van der Waals surface area contributed by atoms with Crippen LogP contribution in [-0.4, -0.2) is 18.0 Å². The number of nitro benzene ring substituents is 1. The molecule has 1 aliphatic heterocycles. The highest BCUT2D eigenvalue weighted by molar-refractivity contribution is 5.66. The van der Waals surface area contributed by atoms with Gasteiger partial charge >= 0.3 is 0 Å². The lowest BCUT2D eigenvalue weighted by Gasteiger charge is -2.32. The van der Waals surface area contributed by atoms with Crippen molar-refractivity contribution in [2.45, 2.75) is 19.8 Å². The Bertz CT molecular complexity index is 434. The third-order valence-corrected chi connectivity index (χ3v) is 3.23. The van der Waals surface area contributed by atoms with Gasteiger partial charge in [-0.2, -0.15) is 0 Å². The van der Waals surface area contributed by atoms with E-state index in [1.807, 2.05) is 0 Å². The minimum atomic E-state index is -0.446. The number of hydrogen-bond donors (Lipinski definition) is 1. The van der Waals surface area contributed by atoms with Gasteiger partial charge in [-0.3, -0.25) is 10.1 Å². The fourth-order valence-corrected chi connectivity index (χ4v) is 2.33. The summed E-state index contributed by atoms with van der Waals surface area (Å²) in [5, 5.41) is 10.7. The summed E-state index contributed by atoms with van der Waals surface area (Å²) in [5.41, 5.74) is 6.91. The molecular formula is C12H17N3O2. The normalized spacial score (nSPS) is 20.3. The van der Waals surface area contributed by atoms with Crippen LogP contribution in [0.3, 0.4) is 0 Å². The number of nitrogens with zero attached hydrogens (tertiary/aromatic N) is 2. The zero-order valence-corrected chi connectivity index (χ0v) is 9.93. The first-order chi connectivity index (χ1) is 8.08. The van der Waals surface area contributed by atoms with Crippen LogP contribution in [0, 0.1) is 16.0 Å². The molecule has 1 aromatic carbocycles. The van der Waals surface area contributed by atoms with Gasteiger partial charge in [0.2, 0.25) is 0 Å². The molecule has 5 nitrogen and oxygen atoms in total. The molecule has 92 valence electrons. The van der Waals surface area contributed by atoms with Crippen LogP contribution >= 0.6 is 0 Å². The molecule has 1 unspecified atom stereocenters. The highest BCUT2D eigenvalue weighted by Crippen LogP contribution is 2.29. The van der Waals surface area contributed by atoms with Crippen molar-refractivity contribution < 1.29 is 4.92 Å². The molecule has 2 N–H and O–H groups in total. The zero-order chi connectivity index (χ0) is 12.4. The number of rotatable bonds is 2. The summed E-state index contributed by atoms with van der Waals surface area (Å²) in [4.78, 5) is 12.5. The van der Waals surface area contributed by atoms with Gasteiger partial charge < -0.3 is 10.6 Å². The first-order valence-electron chi connectivity index (χ1n) is 5.87. The average molecular weight is 235 g/mol. The first-order valence-corrected chi connectivity index (χ1v) is 5.87. The molecule has 1 fully saturated rings. The molecule has 0 aliphatic carbocycles. The summed E-state index contributed by atoms with van der Waals surface area (Å²) in [6, 6.07) is 4.98. The molecule has 5 heteroatoms. The fraction of sp³-hybridized carbons (Fsp3) is 0.500. The van der Waals surface area contributed by atoms with Gasteiger partial charge in [0.25, 0.3) is 5.69 Å². The van der Waals surface area contributed by atoms with E-state index in [0.717, 1.165) is 25.2 Å². The minimum Gasteiger partial charge on any atom is -0.393 e. The van der Waals surface area contributed by atoms with Crippen molar-refractivity contribution in [3.63, 3.8) is 0 Å². The van der Waals surface area contributed by atoms with E-state index >= 15 is 0 Å².